The first-order valence-electron chi connectivity index (χ1n) is 6.38. The number of carbonyl (C=O) groups excluding carboxylic acids is 1. The van der Waals surface area contributed by atoms with Gasteiger partial charge in [0.25, 0.3) is 0 Å². The van der Waals surface area contributed by atoms with Gasteiger partial charge in [-0.3, -0.25) is 0 Å². The molecule has 1 aromatic carbocycles. The fourth-order valence-electron chi connectivity index (χ4n) is 1.98. The lowest BCUT2D eigenvalue weighted by atomic mass is 9.92. The van der Waals surface area contributed by atoms with Gasteiger partial charge in [0.1, 0.15) is 12.1 Å². The molecule has 0 fully saturated rings. The van der Waals surface area contributed by atoms with Crippen LogP contribution in [0.4, 0.5) is 5.69 Å². The molecule has 5 heteroatoms. The Hall–Kier alpha value is -2.53. The van der Waals surface area contributed by atoms with Crippen molar-refractivity contribution in [1.29, 1.82) is 10.5 Å². The first-order chi connectivity index (χ1) is 9.46. The Labute approximate surface area is 118 Å². The first-order valence-corrected chi connectivity index (χ1v) is 6.38. The molecule has 0 saturated heterocycles. The predicted molar refractivity (Wildman–Crippen MR) is 74.8 cm³/mol. The van der Waals surface area contributed by atoms with Gasteiger partial charge < -0.3 is 10.5 Å². The van der Waals surface area contributed by atoms with Gasteiger partial charge in [0, 0.05) is 0 Å². The number of benzene rings is 1. The number of nitriles is 2. The number of anilines is 1. The normalized spacial score (nSPS) is 9.90. The second-order valence-electron chi connectivity index (χ2n) is 4.79. The van der Waals surface area contributed by atoms with Crippen molar-refractivity contribution in [2.24, 2.45) is 5.92 Å². The summed E-state index contributed by atoms with van der Waals surface area (Å²) in [5.74, 6) is -0.297. The van der Waals surface area contributed by atoms with Crippen LogP contribution in [0.25, 0.3) is 0 Å². The van der Waals surface area contributed by atoms with Gasteiger partial charge in [0.05, 0.1) is 29.0 Å². The number of rotatable bonds is 4. The Morgan fingerprint density at radius 3 is 2.40 bits per heavy atom. The largest absolute Gasteiger partial charge is 0.462 e. The molecular formula is C15H17N3O2. The van der Waals surface area contributed by atoms with Crippen LogP contribution in [0.5, 0.6) is 0 Å². The van der Waals surface area contributed by atoms with Crippen LogP contribution in [0.1, 0.15) is 47.8 Å². The van der Waals surface area contributed by atoms with E-state index in [1.165, 1.54) is 0 Å². The lowest BCUT2D eigenvalue weighted by molar-refractivity contribution is 0.0526. The molecule has 0 spiro atoms. The number of carbonyl (C=O) groups is 1. The van der Waals surface area contributed by atoms with Crippen LogP contribution in [0.3, 0.4) is 0 Å². The minimum atomic E-state index is -0.592. The average Bonchev–Trinajstić information content (AvgIpc) is 2.38. The summed E-state index contributed by atoms with van der Waals surface area (Å²) in [5.41, 5.74) is 6.98. The van der Waals surface area contributed by atoms with Crippen molar-refractivity contribution < 1.29 is 9.53 Å². The zero-order chi connectivity index (χ0) is 15.3. The maximum absolute atomic E-state index is 11.9. The minimum Gasteiger partial charge on any atom is -0.462 e. The van der Waals surface area contributed by atoms with Crippen LogP contribution in [-0.4, -0.2) is 12.6 Å². The molecule has 2 N–H and O–H groups in total. The van der Waals surface area contributed by atoms with E-state index in [0.29, 0.717) is 17.9 Å². The second-order valence-corrected chi connectivity index (χ2v) is 4.79. The molecule has 0 saturated carbocycles. The van der Waals surface area contributed by atoms with Crippen molar-refractivity contribution in [3.05, 3.63) is 28.3 Å². The molecule has 5 nitrogen and oxygen atoms in total. The lowest BCUT2D eigenvalue weighted by Gasteiger charge is -2.13. The number of nitrogen functional groups attached to an aromatic ring is 1. The van der Waals surface area contributed by atoms with Crippen molar-refractivity contribution in [2.75, 3.05) is 12.3 Å². The van der Waals surface area contributed by atoms with Gasteiger partial charge in [0.15, 0.2) is 0 Å². The monoisotopic (exact) mass is 271 g/mol. The highest BCUT2D eigenvalue weighted by atomic mass is 16.5. The summed E-state index contributed by atoms with van der Waals surface area (Å²) in [7, 11) is 0. The average molecular weight is 271 g/mol. The molecule has 0 aliphatic rings. The molecule has 0 radical (unpaired) electrons. The van der Waals surface area contributed by atoms with Gasteiger partial charge in [-0.1, -0.05) is 13.8 Å². The minimum absolute atomic E-state index is 0.00695. The molecule has 20 heavy (non-hydrogen) atoms. The summed E-state index contributed by atoms with van der Waals surface area (Å²) >= 11 is 0. The highest BCUT2D eigenvalue weighted by Gasteiger charge is 2.21. The van der Waals surface area contributed by atoms with Crippen LogP contribution >= 0.6 is 0 Å². The topological polar surface area (TPSA) is 99.9 Å². The van der Waals surface area contributed by atoms with Gasteiger partial charge in [-0.05, 0) is 30.9 Å². The zero-order valence-electron chi connectivity index (χ0n) is 11.9. The summed E-state index contributed by atoms with van der Waals surface area (Å²) < 4.78 is 4.93. The maximum Gasteiger partial charge on any atom is 0.339 e. The summed E-state index contributed by atoms with van der Waals surface area (Å²) in [5, 5.41) is 18.4. The molecule has 0 amide bonds. The van der Waals surface area contributed by atoms with E-state index in [9.17, 15) is 10.1 Å². The Balaban J connectivity index is 3.53. The number of hydrogen-bond donors (Lipinski definition) is 1. The van der Waals surface area contributed by atoms with Crippen molar-refractivity contribution in [1.82, 2.24) is 0 Å². The van der Waals surface area contributed by atoms with Crippen LogP contribution in [0, 0.1) is 28.6 Å². The number of hydrogen-bond acceptors (Lipinski definition) is 5. The fourth-order valence-corrected chi connectivity index (χ4v) is 1.98. The quantitative estimate of drug-likeness (QED) is 0.669. The molecule has 1 rings (SSSR count). The summed E-state index contributed by atoms with van der Waals surface area (Å²) in [6.45, 7) is 5.90. The van der Waals surface area contributed by atoms with E-state index in [4.69, 9.17) is 15.7 Å². The number of nitrogens with zero attached hydrogens (tertiary/aromatic N) is 2. The van der Waals surface area contributed by atoms with Gasteiger partial charge in [0.2, 0.25) is 0 Å². The molecule has 0 aliphatic carbocycles. The van der Waals surface area contributed by atoms with E-state index in [1.54, 1.807) is 13.0 Å². The van der Waals surface area contributed by atoms with Gasteiger partial charge >= 0.3 is 5.97 Å². The second kappa shape index (κ2) is 6.58. The SMILES string of the molecule is CCOC(=O)c1cc(CC(C)C)c(C#N)c(N)c1C#N. The molecule has 0 bridgehead atoms. The number of ether oxygens (including phenoxy) is 1. The third-order valence-electron chi connectivity index (χ3n) is 2.79. The number of nitrogens with two attached hydrogens (primary N) is 1. The Morgan fingerprint density at radius 1 is 1.35 bits per heavy atom. The Kier molecular flexibility index (Phi) is 5.11. The maximum atomic E-state index is 11.9. The molecule has 1 aromatic rings. The third-order valence-corrected chi connectivity index (χ3v) is 2.79. The summed E-state index contributed by atoms with van der Waals surface area (Å²) in [6.07, 6.45) is 0.602. The molecule has 0 atom stereocenters. The molecule has 0 heterocycles. The summed E-state index contributed by atoms with van der Waals surface area (Å²) in [6, 6.07) is 5.44. The van der Waals surface area contributed by atoms with Crippen molar-refractivity contribution >= 4 is 11.7 Å². The van der Waals surface area contributed by atoms with Crippen LogP contribution in [0.2, 0.25) is 0 Å². The van der Waals surface area contributed by atoms with E-state index in [2.05, 4.69) is 0 Å². The highest BCUT2D eigenvalue weighted by molar-refractivity contribution is 5.95. The molecule has 0 aliphatic heterocycles. The van der Waals surface area contributed by atoms with E-state index in [-0.39, 0.29) is 29.0 Å². The van der Waals surface area contributed by atoms with Crippen LogP contribution in [-0.2, 0) is 11.2 Å². The van der Waals surface area contributed by atoms with Gasteiger partial charge in [-0.25, -0.2) is 4.79 Å². The van der Waals surface area contributed by atoms with Crippen molar-refractivity contribution in [2.45, 2.75) is 27.2 Å². The molecule has 0 aromatic heterocycles. The Morgan fingerprint density at radius 2 is 1.95 bits per heavy atom. The zero-order valence-corrected chi connectivity index (χ0v) is 11.9. The smallest absolute Gasteiger partial charge is 0.339 e. The lowest BCUT2D eigenvalue weighted by Crippen LogP contribution is -2.12. The summed E-state index contributed by atoms with van der Waals surface area (Å²) in [4.78, 5) is 11.9. The van der Waals surface area contributed by atoms with E-state index >= 15 is 0 Å². The van der Waals surface area contributed by atoms with Gasteiger partial charge in [-0.2, -0.15) is 10.5 Å². The van der Waals surface area contributed by atoms with E-state index in [1.807, 2.05) is 26.0 Å². The first kappa shape index (κ1) is 15.5. The standard InChI is InChI=1S/C15H17N3O2/c1-4-20-15(19)11-6-10(5-9(2)3)12(7-16)14(18)13(11)8-17/h6,9H,4-5,18H2,1-3H3. The predicted octanol–water partition coefficient (Wildman–Crippen LogP) is 2.39. The molecule has 0 unspecified atom stereocenters. The number of esters is 1. The van der Waals surface area contributed by atoms with Crippen molar-refractivity contribution in [3.63, 3.8) is 0 Å². The van der Waals surface area contributed by atoms with Gasteiger partial charge in [-0.15, -0.1) is 0 Å². The molecule has 104 valence electrons. The Bertz CT molecular complexity index is 607. The van der Waals surface area contributed by atoms with E-state index in [0.717, 1.165) is 0 Å². The van der Waals surface area contributed by atoms with E-state index < -0.39 is 5.97 Å². The third kappa shape index (κ3) is 3.07. The van der Waals surface area contributed by atoms with Crippen LogP contribution in [0.15, 0.2) is 6.07 Å². The van der Waals surface area contributed by atoms with Crippen molar-refractivity contribution in [3.8, 4) is 12.1 Å². The van der Waals surface area contributed by atoms with Crippen LogP contribution < -0.4 is 5.73 Å². The highest BCUT2D eigenvalue weighted by Crippen LogP contribution is 2.27. The fraction of sp³-hybridized carbons (Fsp3) is 0.400. The molecular weight excluding hydrogens is 254 g/mol.